The van der Waals surface area contributed by atoms with Crippen LogP contribution in [0.2, 0.25) is 0 Å². The molecule has 0 radical (unpaired) electrons. The second-order valence-corrected chi connectivity index (χ2v) is 5.05. The molecule has 0 fully saturated rings. The van der Waals surface area contributed by atoms with E-state index in [0.717, 1.165) is 17.0 Å². The van der Waals surface area contributed by atoms with Crippen LogP contribution in [-0.4, -0.2) is 28.2 Å². The fourth-order valence-electron chi connectivity index (χ4n) is 1.67. The number of hydrogen-bond acceptors (Lipinski definition) is 3. The van der Waals surface area contributed by atoms with Gasteiger partial charge in [-0.05, 0) is 39.7 Å². The van der Waals surface area contributed by atoms with E-state index in [9.17, 15) is 4.79 Å². The first-order valence-electron chi connectivity index (χ1n) is 5.87. The Labute approximate surface area is 102 Å². The Kier molecular flexibility index (Phi) is 4.28. The lowest BCUT2D eigenvalue weighted by Gasteiger charge is -2.24. The third-order valence-corrected chi connectivity index (χ3v) is 2.87. The van der Waals surface area contributed by atoms with E-state index in [1.54, 1.807) is 0 Å². The third-order valence-electron chi connectivity index (χ3n) is 2.87. The molecule has 5 heteroatoms. The molecule has 1 aromatic rings. The van der Waals surface area contributed by atoms with Gasteiger partial charge < -0.3 is 11.1 Å². The van der Waals surface area contributed by atoms with Gasteiger partial charge in [-0.2, -0.15) is 5.10 Å². The molecule has 17 heavy (non-hydrogen) atoms. The van der Waals surface area contributed by atoms with Gasteiger partial charge in [-0.3, -0.25) is 9.89 Å². The van der Waals surface area contributed by atoms with E-state index in [2.05, 4.69) is 15.5 Å². The molecule has 1 amide bonds. The molecular formula is C12H22N4O. The van der Waals surface area contributed by atoms with Crippen LogP contribution >= 0.6 is 0 Å². The molecule has 0 aliphatic rings. The monoisotopic (exact) mass is 238 g/mol. The molecule has 96 valence electrons. The van der Waals surface area contributed by atoms with Crippen molar-refractivity contribution in [2.45, 2.75) is 46.1 Å². The van der Waals surface area contributed by atoms with Crippen LogP contribution in [0.25, 0.3) is 0 Å². The van der Waals surface area contributed by atoms with Gasteiger partial charge in [0.2, 0.25) is 5.91 Å². The molecule has 0 aliphatic heterocycles. The molecule has 0 spiro atoms. The van der Waals surface area contributed by atoms with E-state index in [0.29, 0.717) is 19.4 Å². The quantitative estimate of drug-likeness (QED) is 0.710. The van der Waals surface area contributed by atoms with Gasteiger partial charge in [0.15, 0.2) is 0 Å². The van der Waals surface area contributed by atoms with Crippen molar-refractivity contribution >= 4 is 5.91 Å². The van der Waals surface area contributed by atoms with E-state index in [-0.39, 0.29) is 11.4 Å². The van der Waals surface area contributed by atoms with Gasteiger partial charge >= 0.3 is 0 Å². The van der Waals surface area contributed by atoms with Gasteiger partial charge in [-0.1, -0.05) is 0 Å². The van der Waals surface area contributed by atoms with Gasteiger partial charge in [-0.15, -0.1) is 0 Å². The van der Waals surface area contributed by atoms with E-state index in [1.807, 2.05) is 27.7 Å². The molecule has 0 unspecified atom stereocenters. The summed E-state index contributed by atoms with van der Waals surface area (Å²) in [5, 5.41) is 9.94. The van der Waals surface area contributed by atoms with Gasteiger partial charge in [0, 0.05) is 24.2 Å². The van der Waals surface area contributed by atoms with Crippen molar-refractivity contribution < 1.29 is 4.79 Å². The van der Waals surface area contributed by atoms with Crippen LogP contribution in [0.3, 0.4) is 0 Å². The number of aromatic nitrogens is 2. The first-order chi connectivity index (χ1) is 7.85. The highest BCUT2D eigenvalue weighted by molar-refractivity contribution is 5.77. The van der Waals surface area contributed by atoms with Crippen molar-refractivity contribution in [3.63, 3.8) is 0 Å². The lowest BCUT2D eigenvalue weighted by Crippen LogP contribution is -2.48. The number of aryl methyl sites for hydroxylation is 2. The second kappa shape index (κ2) is 5.31. The van der Waals surface area contributed by atoms with Crippen molar-refractivity contribution in [1.82, 2.24) is 15.5 Å². The standard InChI is InChI=1S/C12H22N4O/c1-8-10(9(2)16-15-8)5-6-11(17)14-12(3,4)7-13/h5-7,13H2,1-4H3,(H,14,17)(H,15,16). The SMILES string of the molecule is Cc1n[nH]c(C)c1CCC(=O)NC(C)(C)CN. The van der Waals surface area contributed by atoms with Crippen LogP contribution in [-0.2, 0) is 11.2 Å². The van der Waals surface area contributed by atoms with Crippen LogP contribution in [0, 0.1) is 13.8 Å². The second-order valence-electron chi connectivity index (χ2n) is 5.05. The summed E-state index contributed by atoms with van der Waals surface area (Å²) in [5.74, 6) is 0.0282. The van der Waals surface area contributed by atoms with Crippen molar-refractivity contribution in [2.75, 3.05) is 6.54 Å². The number of nitrogens with two attached hydrogens (primary N) is 1. The molecule has 0 saturated carbocycles. The van der Waals surface area contributed by atoms with Crippen LogP contribution < -0.4 is 11.1 Å². The van der Waals surface area contributed by atoms with Gasteiger partial charge in [0.1, 0.15) is 0 Å². The molecule has 1 rings (SSSR count). The Balaban J connectivity index is 2.49. The molecule has 0 atom stereocenters. The molecule has 5 nitrogen and oxygen atoms in total. The lowest BCUT2D eigenvalue weighted by atomic mass is 10.0. The van der Waals surface area contributed by atoms with Crippen molar-refractivity contribution in [2.24, 2.45) is 5.73 Å². The Hall–Kier alpha value is -1.36. The highest BCUT2D eigenvalue weighted by atomic mass is 16.1. The number of hydrogen-bond donors (Lipinski definition) is 3. The minimum atomic E-state index is -0.336. The summed E-state index contributed by atoms with van der Waals surface area (Å²) in [7, 11) is 0. The van der Waals surface area contributed by atoms with E-state index in [1.165, 1.54) is 0 Å². The van der Waals surface area contributed by atoms with Gasteiger partial charge in [0.25, 0.3) is 0 Å². The number of carbonyl (C=O) groups is 1. The van der Waals surface area contributed by atoms with E-state index < -0.39 is 0 Å². The number of rotatable bonds is 5. The predicted molar refractivity (Wildman–Crippen MR) is 67.7 cm³/mol. The van der Waals surface area contributed by atoms with Crippen LogP contribution in [0.15, 0.2) is 0 Å². The van der Waals surface area contributed by atoms with E-state index >= 15 is 0 Å². The third kappa shape index (κ3) is 3.85. The molecule has 1 aromatic heterocycles. The predicted octanol–water partition coefficient (Wildman–Crippen LogP) is 0.813. The van der Waals surface area contributed by atoms with Crippen molar-refractivity contribution in [3.05, 3.63) is 17.0 Å². The average Bonchev–Trinajstić information content (AvgIpc) is 2.55. The first kappa shape index (κ1) is 13.7. The van der Waals surface area contributed by atoms with Gasteiger partial charge in [-0.25, -0.2) is 0 Å². The smallest absolute Gasteiger partial charge is 0.220 e. The Bertz CT molecular complexity index is 376. The summed E-state index contributed by atoms with van der Waals surface area (Å²) < 4.78 is 0. The minimum Gasteiger partial charge on any atom is -0.350 e. The first-order valence-corrected chi connectivity index (χ1v) is 5.87. The molecule has 0 aliphatic carbocycles. The van der Waals surface area contributed by atoms with E-state index in [4.69, 9.17) is 5.73 Å². The van der Waals surface area contributed by atoms with Crippen molar-refractivity contribution in [1.29, 1.82) is 0 Å². The zero-order valence-electron chi connectivity index (χ0n) is 11.1. The van der Waals surface area contributed by atoms with Crippen molar-refractivity contribution in [3.8, 4) is 0 Å². The molecule has 4 N–H and O–H groups in total. The summed E-state index contributed by atoms with van der Waals surface area (Å²) in [6, 6.07) is 0. The largest absolute Gasteiger partial charge is 0.350 e. The number of aromatic amines is 1. The maximum atomic E-state index is 11.7. The molecule has 0 saturated heterocycles. The summed E-state index contributed by atoms with van der Waals surface area (Å²) in [6.45, 7) is 8.18. The summed E-state index contributed by atoms with van der Waals surface area (Å²) in [4.78, 5) is 11.7. The summed E-state index contributed by atoms with van der Waals surface area (Å²) >= 11 is 0. The summed E-state index contributed by atoms with van der Waals surface area (Å²) in [5.41, 5.74) is 8.36. The maximum absolute atomic E-state index is 11.7. The number of carbonyl (C=O) groups excluding carboxylic acids is 1. The van der Waals surface area contributed by atoms with Crippen LogP contribution in [0.5, 0.6) is 0 Å². The molecule has 1 heterocycles. The molecular weight excluding hydrogens is 216 g/mol. The minimum absolute atomic E-state index is 0.0282. The van der Waals surface area contributed by atoms with Crippen LogP contribution in [0.4, 0.5) is 0 Å². The maximum Gasteiger partial charge on any atom is 0.220 e. The molecule has 0 aromatic carbocycles. The lowest BCUT2D eigenvalue weighted by molar-refractivity contribution is -0.122. The average molecular weight is 238 g/mol. The fourth-order valence-corrected chi connectivity index (χ4v) is 1.67. The number of nitrogens with zero attached hydrogens (tertiary/aromatic N) is 1. The Morgan fingerprint density at radius 2 is 2.12 bits per heavy atom. The molecule has 0 bridgehead atoms. The number of amides is 1. The Morgan fingerprint density at radius 3 is 2.59 bits per heavy atom. The topological polar surface area (TPSA) is 83.8 Å². The highest BCUT2D eigenvalue weighted by Gasteiger charge is 2.18. The zero-order chi connectivity index (χ0) is 13.1. The normalized spacial score (nSPS) is 11.6. The van der Waals surface area contributed by atoms with Crippen LogP contribution in [0.1, 0.15) is 37.2 Å². The highest BCUT2D eigenvalue weighted by Crippen LogP contribution is 2.12. The Morgan fingerprint density at radius 1 is 1.47 bits per heavy atom. The summed E-state index contributed by atoms with van der Waals surface area (Å²) in [6.07, 6.45) is 1.17. The fraction of sp³-hybridized carbons (Fsp3) is 0.667. The number of H-pyrrole nitrogens is 1. The number of nitrogens with one attached hydrogen (secondary N) is 2. The zero-order valence-corrected chi connectivity index (χ0v) is 11.1. The van der Waals surface area contributed by atoms with Gasteiger partial charge in [0.05, 0.1) is 5.69 Å².